The molecule has 0 aliphatic carbocycles. The molecule has 0 bridgehead atoms. The molecule has 1 amide bonds. The van der Waals surface area contributed by atoms with Crippen LogP contribution in [-0.2, 0) is 4.79 Å². The summed E-state index contributed by atoms with van der Waals surface area (Å²) < 4.78 is 0. The number of benzene rings is 1. The molecule has 0 aliphatic rings. The van der Waals surface area contributed by atoms with Gasteiger partial charge in [-0.1, -0.05) is 36.6 Å². The quantitative estimate of drug-likeness (QED) is 0.513. The van der Waals surface area contributed by atoms with Crippen LogP contribution in [-0.4, -0.2) is 29.9 Å². The van der Waals surface area contributed by atoms with Gasteiger partial charge in [0.15, 0.2) is 0 Å². The first-order valence-electron chi connectivity index (χ1n) is 6.99. The fourth-order valence-electron chi connectivity index (χ4n) is 1.72. The van der Waals surface area contributed by atoms with E-state index in [0.29, 0.717) is 6.42 Å². The predicted octanol–water partition coefficient (Wildman–Crippen LogP) is 3.49. The van der Waals surface area contributed by atoms with Crippen LogP contribution >= 0.6 is 23.4 Å². The Morgan fingerprint density at radius 3 is 2.70 bits per heavy atom. The van der Waals surface area contributed by atoms with Crippen LogP contribution in [0.5, 0.6) is 0 Å². The number of carbonyl (C=O) groups excluding carboxylic acids is 1. The minimum atomic E-state index is 0.0895. The Morgan fingerprint density at radius 2 is 1.95 bits per heavy atom. The topological polar surface area (TPSA) is 49.3 Å². The number of carbonyl (C=O) groups is 1. The van der Waals surface area contributed by atoms with Crippen LogP contribution in [0.15, 0.2) is 29.2 Å². The minimum absolute atomic E-state index is 0.0895. The van der Waals surface area contributed by atoms with Crippen LogP contribution in [0.4, 0.5) is 0 Å². The maximum absolute atomic E-state index is 11.6. The first kappa shape index (κ1) is 17.3. The number of rotatable bonds is 10. The summed E-state index contributed by atoms with van der Waals surface area (Å²) in [5, 5.41) is 12.3. The second kappa shape index (κ2) is 11.0. The highest BCUT2D eigenvalue weighted by molar-refractivity contribution is 7.99. The second-order valence-electron chi connectivity index (χ2n) is 4.52. The molecule has 0 radical (unpaired) electrons. The van der Waals surface area contributed by atoms with E-state index in [0.717, 1.165) is 47.9 Å². The monoisotopic (exact) mass is 315 g/mol. The first-order chi connectivity index (χ1) is 9.74. The Balaban J connectivity index is 2.04. The smallest absolute Gasteiger partial charge is 0.220 e. The van der Waals surface area contributed by atoms with Gasteiger partial charge < -0.3 is 10.4 Å². The standard InChI is InChI=1S/C15H22ClNO2S/c16-13-7-3-4-8-14(13)20-12-9-15(19)17-10-5-1-2-6-11-18/h3-4,7-8,18H,1-2,5-6,9-12H2,(H,17,19). The summed E-state index contributed by atoms with van der Waals surface area (Å²) in [7, 11) is 0. The van der Waals surface area contributed by atoms with E-state index in [1.54, 1.807) is 11.8 Å². The van der Waals surface area contributed by atoms with E-state index in [2.05, 4.69) is 5.32 Å². The number of aliphatic hydroxyl groups excluding tert-OH is 1. The van der Waals surface area contributed by atoms with Gasteiger partial charge in [-0.2, -0.15) is 0 Å². The van der Waals surface area contributed by atoms with E-state index in [4.69, 9.17) is 16.7 Å². The summed E-state index contributed by atoms with van der Waals surface area (Å²) >= 11 is 7.65. The highest BCUT2D eigenvalue weighted by atomic mass is 35.5. The lowest BCUT2D eigenvalue weighted by atomic mass is 10.2. The normalized spacial score (nSPS) is 10.5. The van der Waals surface area contributed by atoms with Crippen LogP contribution in [0, 0.1) is 0 Å². The molecule has 2 N–H and O–H groups in total. The third-order valence-corrected chi connectivity index (χ3v) is 4.35. The molecule has 5 heteroatoms. The Labute approximate surface area is 130 Å². The summed E-state index contributed by atoms with van der Waals surface area (Å²) in [6.07, 6.45) is 4.41. The van der Waals surface area contributed by atoms with Gasteiger partial charge in [-0.15, -0.1) is 11.8 Å². The van der Waals surface area contributed by atoms with Crippen molar-refractivity contribution in [3.63, 3.8) is 0 Å². The van der Waals surface area contributed by atoms with E-state index < -0.39 is 0 Å². The molecular weight excluding hydrogens is 294 g/mol. The molecule has 112 valence electrons. The zero-order valence-electron chi connectivity index (χ0n) is 11.6. The molecule has 0 saturated carbocycles. The average molecular weight is 316 g/mol. The maximum atomic E-state index is 11.6. The number of hydrogen-bond acceptors (Lipinski definition) is 3. The van der Waals surface area contributed by atoms with Crippen molar-refractivity contribution in [3.8, 4) is 0 Å². The zero-order chi connectivity index (χ0) is 14.6. The number of nitrogens with one attached hydrogen (secondary N) is 1. The van der Waals surface area contributed by atoms with Gasteiger partial charge in [0.2, 0.25) is 5.91 Å². The van der Waals surface area contributed by atoms with E-state index in [1.165, 1.54) is 0 Å². The number of aliphatic hydroxyl groups is 1. The van der Waals surface area contributed by atoms with Gasteiger partial charge in [0, 0.05) is 30.2 Å². The highest BCUT2D eigenvalue weighted by Gasteiger charge is 2.03. The lowest BCUT2D eigenvalue weighted by Crippen LogP contribution is -2.24. The fourth-order valence-corrected chi connectivity index (χ4v) is 2.91. The van der Waals surface area contributed by atoms with Crippen LogP contribution in [0.25, 0.3) is 0 Å². The summed E-state index contributed by atoms with van der Waals surface area (Å²) in [6, 6.07) is 7.67. The van der Waals surface area contributed by atoms with Crippen molar-refractivity contribution in [2.75, 3.05) is 18.9 Å². The SMILES string of the molecule is O=C(CCSc1ccccc1Cl)NCCCCCCO. The molecule has 3 nitrogen and oxygen atoms in total. The molecule has 0 aliphatic heterocycles. The van der Waals surface area contributed by atoms with E-state index in [1.807, 2.05) is 24.3 Å². The van der Waals surface area contributed by atoms with Crippen LogP contribution in [0.1, 0.15) is 32.1 Å². The maximum Gasteiger partial charge on any atom is 0.220 e. The molecule has 0 atom stereocenters. The predicted molar refractivity (Wildman–Crippen MR) is 85.4 cm³/mol. The lowest BCUT2D eigenvalue weighted by Gasteiger charge is -2.06. The van der Waals surface area contributed by atoms with Crippen molar-refractivity contribution >= 4 is 29.3 Å². The molecule has 0 saturated heterocycles. The zero-order valence-corrected chi connectivity index (χ0v) is 13.2. The van der Waals surface area contributed by atoms with Gasteiger partial charge in [0.05, 0.1) is 5.02 Å². The molecule has 0 spiro atoms. The number of amides is 1. The minimum Gasteiger partial charge on any atom is -0.396 e. The van der Waals surface area contributed by atoms with E-state index >= 15 is 0 Å². The fraction of sp³-hybridized carbons (Fsp3) is 0.533. The Morgan fingerprint density at radius 1 is 1.20 bits per heavy atom. The average Bonchev–Trinajstić information content (AvgIpc) is 2.45. The van der Waals surface area contributed by atoms with Gasteiger partial charge in [-0.25, -0.2) is 0 Å². The van der Waals surface area contributed by atoms with Crippen LogP contribution in [0.2, 0.25) is 5.02 Å². The number of unbranched alkanes of at least 4 members (excludes halogenated alkanes) is 3. The molecule has 0 aromatic heterocycles. The summed E-state index contributed by atoms with van der Waals surface area (Å²) in [5.41, 5.74) is 0. The van der Waals surface area contributed by atoms with Gasteiger partial charge in [-0.05, 0) is 25.0 Å². The van der Waals surface area contributed by atoms with Crippen molar-refractivity contribution in [2.24, 2.45) is 0 Å². The van der Waals surface area contributed by atoms with Crippen LogP contribution < -0.4 is 5.32 Å². The van der Waals surface area contributed by atoms with Gasteiger partial charge in [0.1, 0.15) is 0 Å². The first-order valence-corrected chi connectivity index (χ1v) is 8.35. The lowest BCUT2D eigenvalue weighted by molar-refractivity contribution is -0.120. The summed E-state index contributed by atoms with van der Waals surface area (Å²) in [5.74, 6) is 0.826. The molecule has 20 heavy (non-hydrogen) atoms. The molecule has 1 rings (SSSR count). The van der Waals surface area contributed by atoms with Crippen molar-refractivity contribution in [3.05, 3.63) is 29.3 Å². The van der Waals surface area contributed by atoms with Crippen molar-refractivity contribution in [1.29, 1.82) is 0 Å². The highest BCUT2D eigenvalue weighted by Crippen LogP contribution is 2.26. The Bertz CT molecular complexity index is 401. The van der Waals surface area contributed by atoms with Gasteiger partial charge >= 0.3 is 0 Å². The summed E-state index contributed by atoms with van der Waals surface area (Å²) in [6.45, 7) is 0.979. The third kappa shape index (κ3) is 7.78. The van der Waals surface area contributed by atoms with Crippen LogP contribution in [0.3, 0.4) is 0 Å². The van der Waals surface area contributed by atoms with Gasteiger partial charge in [0.25, 0.3) is 0 Å². The molecule has 1 aromatic carbocycles. The molecule has 0 fully saturated rings. The van der Waals surface area contributed by atoms with Crippen molar-refractivity contribution < 1.29 is 9.90 Å². The second-order valence-corrected chi connectivity index (χ2v) is 6.06. The molecule has 0 heterocycles. The molecule has 1 aromatic rings. The number of hydrogen-bond donors (Lipinski definition) is 2. The van der Waals surface area contributed by atoms with Crippen molar-refractivity contribution in [1.82, 2.24) is 5.32 Å². The Hall–Kier alpha value is -0.710. The number of halogens is 1. The van der Waals surface area contributed by atoms with E-state index in [-0.39, 0.29) is 12.5 Å². The molecular formula is C15H22ClNO2S. The number of thioether (sulfide) groups is 1. The largest absolute Gasteiger partial charge is 0.396 e. The Kier molecular flexibility index (Phi) is 9.54. The summed E-state index contributed by atoms with van der Waals surface area (Å²) in [4.78, 5) is 12.6. The molecule has 0 unspecified atom stereocenters. The third-order valence-electron chi connectivity index (χ3n) is 2.83. The van der Waals surface area contributed by atoms with E-state index in [9.17, 15) is 4.79 Å². The van der Waals surface area contributed by atoms with Gasteiger partial charge in [-0.3, -0.25) is 4.79 Å². The van der Waals surface area contributed by atoms with Crippen molar-refractivity contribution in [2.45, 2.75) is 37.0 Å².